The van der Waals surface area contributed by atoms with Crippen LogP contribution in [0.15, 0.2) is 97.2 Å². The number of nitrogens with one attached hydrogen (secondary N) is 2. The number of aromatic nitrogens is 2. The molecule has 0 saturated carbocycles. The van der Waals surface area contributed by atoms with Gasteiger partial charge in [0.05, 0.1) is 12.7 Å². The number of esters is 1. The number of nitrogens with zero attached hydrogens (tertiary/aromatic N) is 3. The smallest absolute Gasteiger partial charge is 0.325 e. The fourth-order valence-corrected chi connectivity index (χ4v) is 5.67. The molecule has 3 heterocycles. The molecule has 5 aromatic rings. The molecule has 0 spiro atoms. The van der Waals surface area contributed by atoms with Crippen LogP contribution in [0.5, 0.6) is 11.5 Å². The van der Waals surface area contributed by atoms with Crippen LogP contribution in [0, 0.1) is 5.92 Å². The molecule has 6 rings (SSSR count). The number of anilines is 1. The van der Waals surface area contributed by atoms with Gasteiger partial charge in [0.2, 0.25) is 12.7 Å². The van der Waals surface area contributed by atoms with E-state index in [2.05, 4.69) is 10.6 Å². The minimum absolute atomic E-state index is 0.00336. The number of pyridine rings is 1. The first kappa shape index (κ1) is 32.1. The van der Waals surface area contributed by atoms with Gasteiger partial charge in [0.25, 0.3) is 5.91 Å². The van der Waals surface area contributed by atoms with Crippen molar-refractivity contribution in [1.82, 2.24) is 19.6 Å². The SMILES string of the molecule is COC(=O)CNC(=O)C(c1ccc2c(c1)OCO2)N(CC(C)C)C(=O)c1ccc2nc(-c3ccccc3)c(NCc3ccccc3)n2c1. The van der Waals surface area contributed by atoms with Crippen LogP contribution in [0.1, 0.15) is 41.4 Å². The molecule has 3 aromatic carbocycles. The topological polar surface area (TPSA) is 123 Å². The number of hydrogen-bond donors (Lipinski definition) is 2. The number of methoxy groups -OCH3 is 1. The monoisotopic (exact) mass is 647 g/mol. The van der Waals surface area contributed by atoms with E-state index in [9.17, 15) is 14.4 Å². The molecule has 1 unspecified atom stereocenters. The van der Waals surface area contributed by atoms with Crippen molar-refractivity contribution < 1.29 is 28.6 Å². The van der Waals surface area contributed by atoms with E-state index in [1.807, 2.05) is 78.9 Å². The van der Waals surface area contributed by atoms with Gasteiger partial charge in [-0.3, -0.25) is 18.8 Å². The Morgan fingerprint density at radius 1 is 0.938 bits per heavy atom. The lowest BCUT2D eigenvalue weighted by Gasteiger charge is -2.33. The van der Waals surface area contributed by atoms with Gasteiger partial charge in [0.15, 0.2) is 11.5 Å². The molecule has 1 aliphatic rings. The highest BCUT2D eigenvalue weighted by Gasteiger charge is 2.34. The summed E-state index contributed by atoms with van der Waals surface area (Å²) in [6.07, 6.45) is 1.75. The van der Waals surface area contributed by atoms with Crippen LogP contribution in [-0.4, -0.2) is 59.1 Å². The van der Waals surface area contributed by atoms with Crippen molar-refractivity contribution in [2.45, 2.75) is 26.4 Å². The van der Waals surface area contributed by atoms with E-state index in [-0.39, 0.29) is 31.7 Å². The molecule has 2 aromatic heterocycles. The molecule has 2 N–H and O–H groups in total. The highest BCUT2D eigenvalue weighted by molar-refractivity contribution is 5.98. The lowest BCUT2D eigenvalue weighted by atomic mass is 10.0. The molecule has 0 radical (unpaired) electrons. The number of amides is 2. The van der Waals surface area contributed by atoms with E-state index in [0.717, 1.165) is 22.6 Å². The second-order valence-electron chi connectivity index (χ2n) is 11.8. The average molecular weight is 648 g/mol. The highest BCUT2D eigenvalue weighted by atomic mass is 16.7. The van der Waals surface area contributed by atoms with Gasteiger partial charge in [-0.1, -0.05) is 80.6 Å². The van der Waals surface area contributed by atoms with Crippen LogP contribution in [0.4, 0.5) is 5.82 Å². The summed E-state index contributed by atoms with van der Waals surface area (Å²) in [5.41, 5.74) is 4.28. The lowest BCUT2D eigenvalue weighted by Crippen LogP contribution is -2.46. The number of ether oxygens (including phenoxy) is 3. The number of carbonyl (C=O) groups excluding carboxylic acids is 3. The Labute approximate surface area is 278 Å². The van der Waals surface area contributed by atoms with Crippen LogP contribution in [-0.2, 0) is 20.9 Å². The Morgan fingerprint density at radius 2 is 1.67 bits per heavy atom. The predicted octanol–water partition coefficient (Wildman–Crippen LogP) is 5.47. The van der Waals surface area contributed by atoms with Gasteiger partial charge < -0.3 is 29.7 Å². The summed E-state index contributed by atoms with van der Waals surface area (Å²) in [5, 5.41) is 6.19. The van der Waals surface area contributed by atoms with Crippen LogP contribution < -0.4 is 20.1 Å². The quantitative estimate of drug-likeness (QED) is 0.171. The van der Waals surface area contributed by atoms with Gasteiger partial charge in [-0.15, -0.1) is 0 Å². The number of imidazole rings is 1. The largest absolute Gasteiger partial charge is 0.468 e. The van der Waals surface area contributed by atoms with Crippen molar-refractivity contribution in [2.75, 3.05) is 32.3 Å². The van der Waals surface area contributed by atoms with Crippen LogP contribution in [0.3, 0.4) is 0 Å². The van der Waals surface area contributed by atoms with Crippen molar-refractivity contribution >= 4 is 29.2 Å². The lowest BCUT2D eigenvalue weighted by molar-refractivity contribution is -0.141. The molecule has 48 heavy (non-hydrogen) atoms. The van der Waals surface area contributed by atoms with Gasteiger partial charge >= 0.3 is 5.97 Å². The Balaban J connectivity index is 1.41. The minimum Gasteiger partial charge on any atom is -0.468 e. The fourth-order valence-electron chi connectivity index (χ4n) is 5.67. The molecule has 246 valence electrons. The molecule has 0 bridgehead atoms. The van der Waals surface area contributed by atoms with Crippen LogP contribution in [0.25, 0.3) is 16.9 Å². The highest BCUT2D eigenvalue weighted by Crippen LogP contribution is 2.37. The molecular formula is C37H37N5O6. The molecule has 2 amide bonds. The Morgan fingerprint density at radius 3 is 2.40 bits per heavy atom. The molecule has 11 heteroatoms. The van der Waals surface area contributed by atoms with Gasteiger partial charge in [-0.2, -0.15) is 0 Å². The van der Waals surface area contributed by atoms with Gasteiger partial charge in [0.1, 0.15) is 29.7 Å². The summed E-state index contributed by atoms with van der Waals surface area (Å²) in [7, 11) is 1.25. The van der Waals surface area contributed by atoms with Gasteiger partial charge in [-0.25, -0.2) is 4.98 Å². The fraction of sp³-hybridized carbons (Fsp3) is 0.243. The predicted molar refractivity (Wildman–Crippen MR) is 181 cm³/mol. The van der Waals surface area contributed by atoms with E-state index in [0.29, 0.717) is 34.8 Å². The van der Waals surface area contributed by atoms with E-state index < -0.39 is 17.9 Å². The first-order valence-electron chi connectivity index (χ1n) is 15.7. The summed E-state index contributed by atoms with van der Waals surface area (Å²) < 4.78 is 17.7. The van der Waals surface area contributed by atoms with Crippen LogP contribution >= 0.6 is 0 Å². The second kappa shape index (κ2) is 14.3. The average Bonchev–Trinajstić information content (AvgIpc) is 3.73. The molecule has 11 nitrogen and oxygen atoms in total. The summed E-state index contributed by atoms with van der Waals surface area (Å²) in [6, 6.07) is 27.5. The van der Waals surface area contributed by atoms with Crippen molar-refractivity contribution in [2.24, 2.45) is 5.92 Å². The third-order valence-electron chi connectivity index (χ3n) is 7.95. The third kappa shape index (κ3) is 6.95. The zero-order valence-electron chi connectivity index (χ0n) is 27.0. The van der Waals surface area contributed by atoms with E-state index >= 15 is 0 Å². The summed E-state index contributed by atoms with van der Waals surface area (Å²) in [4.78, 5) is 46.9. The number of rotatable bonds is 12. The number of benzene rings is 3. The molecule has 0 saturated heterocycles. The van der Waals surface area contributed by atoms with Crippen molar-refractivity contribution in [1.29, 1.82) is 0 Å². The normalized spacial score (nSPS) is 12.5. The summed E-state index contributed by atoms with van der Waals surface area (Å²) in [6.45, 7) is 4.45. The first-order valence-corrected chi connectivity index (χ1v) is 15.7. The number of carbonyl (C=O) groups is 3. The third-order valence-corrected chi connectivity index (χ3v) is 7.95. The number of hydrogen-bond acceptors (Lipinski definition) is 8. The first-order chi connectivity index (χ1) is 23.3. The molecule has 0 aliphatic carbocycles. The minimum atomic E-state index is -1.09. The van der Waals surface area contributed by atoms with Crippen molar-refractivity contribution in [3.05, 3.63) is 114 Å². The standard InChI is InChI=1S/C37H37N5O6/c1-24(2)21-42(34(36(44)39-20-32(43)46-3)27-14-16-29-30(18-27)48-23-47-29)37(45)28-15-17-31-40-33(26-12-8-5-9-13-26)35(41(31)22-28)38-19-25-10-6-4-7-11-25/h4-18,22,24,34,38H,19-21,23H2,1-3H3,(H,39,44). The van der Waals surface area contributed by atoms with Crippen molar-refractivity contribution in [3.63, 3.8) is 0 Å². The molecule has 1 atom stereocenters. The second-order valence-corrected chi connectivity index (χ2v) is 11.8. The maximum absolute atomic E-state index is 14.6. The zero-order chi connectivity index (χ0) is 33.6. The van der Waals surface area contributed by atoms with E-state index in [1.54, 1.807) is 36.5 Å². The molecule has 0 fully saturated rings. The maximum atomic E-state index is 14.6. The number of fused-ring (bicyclic) bond motifs is 2. The van der Waals surface area contributed by atoms with E-state index in [1.165, 1.54) is 12.0 Å². The van der Waals surface area contributed by atoms with Crippen LogP contribution in [0.2, 0.25) is 0 Å². The molecule has 1 aliphatic heterocycles. The summed E-state index contributed by atoms with van der Waals surface area (Å²) >= 11 is 0. The van der Waals surface area contributed by atoms with E-state index in [4.69, 9.17) is 19.2 Å². The zero-order valence-corrected chi connectivity index (χ0v) is 27.0. The van der Waals surface area contributed by atoms with Crippen molar-refractivity contribution in [3.8, 4) is 22.8 Å². The maximum Gasteiger partial charge on any atom is 0.325 e. The Kier molecular flexibility index (Phi) is 9.56. The Bertz CT molecular complexity index is 1930. The Hall–Kier alpha value is -5.84. The van der Waals surface area contributed by atoms with Gasteiger partial charge in [0, 0.05) is 24.8 Å². The molecular weight excluding hydrogens is 610 g/mol. The summed E-state index contributed by atoms with van der Waals surface area (Å²) in [5.74, 6) is 0.239. The van der Waals surface area contributed by atoms with Gasteiger partial charge in [-0.05, 0) is 41.3 Å².